The summed E-state index contributed by atoms with van der Waals surface area (Å²) in [5.74, 6) is -0.867. The molecule has 0 aliphatic heterocycles. The molecule has 2 aromatic carbocycles. The van der Waals surface area contributed by atoms with Gasteiger partial charge < -0.3 is 15.0 Å². The number of nitriles is 1. The summed E-state index contributed by atoms with van der Waals surface area (Å²) in [6, 6.07) is 18.0. The molecule has 0 heterocycles. The van der Waals surface area contributed by atoms with Gasteiger partial charge in [0.2, 0.25) is 0 Å². The number of methoxy groups -OCH3 is 1. The van der Waals surface area contributed by atoms with Crippen molar-refractivity contribution >= 4 is 23.3 Å². The number of nitrogens with zero attached hydrogens (tertiary/aromatic N) is 2. The second kappa shape index (κ2) is 9.04. The van der Waals surface area contributed by atoms with E-state index in [-0.39, 0.29) is 11.5 Å². The van der Waals surface area contributed by atoms with Crippen molar-refractivity contribution in [3.63, 3.8) is 0 Å². The van der Waals surface area contributed by atoms with Crippen LogP contribution in [0.4, 0.5) is 11.4 Å². The third kappa shape index (κ3) is 4.48. The monoisotopic (exact) mass is 349 g/mol. The number of carbonyl (C=O) groups is 2. The average molecular weight is 349 g/mol. The number of para-hydroxylation sites is 1. The molecule has 0 atom stereocenters. The minimum Gasteiger partial charge on any atom is -0.465 e. The molecular weight excluding hydrogens is 330 g/mol. The quantitative estimate of drug-likeness (QED) is 0.491. The molecule has 0 radical (unpaired) electrons. The Labute approximate surface area is 152 Å². The topological polar surface area (TPSA) is 82.4 Å². The Morgan fingerprint density at radius 1 is 1.19 bits per heavy atom. The van der Waals surface area contributed by atoms with Crippen LogP contribution in [0, 0.1) is 11.3 Å². The van der Waals surface area contributed by atoms with Crippen molar-refractivity contribution in [2.45, 2.75) is 6.92 Å². The molecule has 1 N–H and O–H groups in total. The lowest BCUT2D eigenvalue weighted by Crippen LogP contribution is -2.30. The maximum atomic E-state index is 12.8. The van der Waals surface area contributed by atoms with Gasteiger partial charge in [-0.05, 0) is 37.3 Å². The Bertz CT molecular complexity index is 854. The zero-order valence-corrected chi connectivity index (χ0v) is 14.6. The van der Waals surface area contributed by atoms with E-state index in [1.54, 1.807) is 35.2 Å². The van der Waals surface area contributed by atoms with Crippen LogP contribution >= 0.6 is 0 Å². The molecular formula is C20H19N3O3. The smallest absolute Gasteiger partial charge is 0.350 e. The zero-order valence-electron chi connectivity index (χ0n) is 14.6. The fourth-order valence-electron chi connectivity index (χ4n) is 2.35. The largest absolute Gasteiger partial charge is 0.465 e. The molecule has 2 rings (SSSR count). The zero-order chi connectivity index (χ0) is 18.9. The molecule has 0 fully saturated rings. The van der Waals surface area contributed by atoms with Gasteiger partial charge in [-0.15, -0.1) is 0 Å². The van der Waals surface area contributed by atoms with E-state index >= 15 is 0 Å². The van der Waals surface area contributed by atoms with Crippen LogP contribution in [0.1, 0.15) is 17.3 Å². The van der Waals surface area contributed by atoms with Gasteiger partial charge in [-0.3, -0.25) is 4.79 Å². The Morgan fingerprint density at radius 2 is 1.92 bits per heavy atom. The average Bonchev–Trinajstić information content (AvgIpc) is 2.69. The standard InChI is InChI=1S/C20H19N3O3/c1-3-23(18-10-5-4-6-11-18)19(24)15-8-7-9-17(12-15)22-14-16(13-21)20(25)26-2/h4-12,14,22H,3H2,1-2H3/b16-14-. The summed E-state index contributed by atoms with van der Waals surface area (Å²) in [7, 11) is 1.20. The van der Waals surface area contributed by atoms with Gasteiger partial charge in [-0.1, -0.05) is 24.3 Å². The van der Waals surface area contributed by atoms with E-state index in [2.05, 4.69) is 10.1 Å². The van der Waals surface area contributed by atoms with Gasteiger partial charge in [0.15, 0.2) is 5.57 Å². The normalized spacial score (nSPS) is 10.6. The predicted molar refractivity (Wildman–Crippen MR) is 99.6 cm³/mol. The number of rotatable bonds is 6. The lowest BCUT2D eigenvalue weighted by atomic mass is 10.1. The van der Waals surface area contributed by atoms with Crippen LogP contribution in [0.25, 0.3) is 0 Å². The Balaban J connectivity index is 2.23. The van der Waals surface area contributed by atoms with Crippen LogP contribution in [0.15, 0.2) is 66.4 Å². The highest BCUT2D eigenvalue weighted by Gasteiger charge is 2.16. The minimum absolute atomic E-state index is 0.139. The number of esters is 1. The molecule has 6 nitrogen and oxygen atoms in total. The van der Waals surface area contributed by atoms with Gasteiger partial charge in [0.25, 0.3) is 5.91 Å². The first-order chi connectivity index (χ1) is 12.6. The molecule has 1 amide bonds. The van der Waals surface area contributed by atoms with E-state index in [0.29, 0.717) is 17.8 Å². The van der Waals surface area contributed by atoms with E-state index in [1.807, 2.05) is 37.3 Å². The van der Waals surface area contributed by atoms with Crippen LogP contribution in [0.2, 0.25) is 0 Å². The third-order valence-corrected chi connectivity index (χ3v) is 3.65. The molecule has 0 bridgehead atoms. The second-order valence-electron chi connectivity index (χ2n) is 5.27. The summed E-state index contributed by atoms with van der Waals surface area (Å²) in [4.78, 5) is 25.9. The fourth-order valence-corrected chi connectivity index (χ4v) is 2.35. The maximum absolute atomic E-state index is 12.8. The Morgan fingerprint density at radius 3 is 2.54 bits per heavy atom. The van der Waals surface area contributed by atoms with Gasteiger partial charge >= 0.3 is 5.97 Å². The number of hydrogen-bond acceptors (Lipinski definition) is 5. The van der Waals surface area contributed by atoms with Gasteiger partial charge in [0.05, 0.1) is 7.11 Å². The molecule has 0 aromatic heterocycles. The lowest BCUT2D eigenvalue weighted by molar-refractivity contribution is -0.135. The van der Waals surface area contributed by atoms with E-state index in [9.17, 15) is 9.59 Å². The van der Waals surface area contributed by atoms with Crippen LogP contribution in [-0.4, -0.2) is 25.5 Å². The molecule has 0 saturated heterocycles. The second-order valence-corrected chi connectivity index (χ2v) is 5.27. The van der Waals surface area contributed by atoms with Crippen molar-refractivity contribution in [2.75, 3.05) is 23.9 Å². The predicted octanol–water partition coefficient (Wildman–Crippen LogP) is 3.35. The fraction of sp³-hybridized carbons (Fsp3) is 0.150. The summed E-state index contributed by atoms with van der Waals surface area (Å²) in [6.45, 7) is 2.44. The maximum Gasteiger partial charge on any atom is 0.350 e. The van der Waals surface area contributed by atoms with Crippen molar-refractivity contribution in [1.29, 1.82) is 5.26 Å². The summed E-state index contributed by atoms with van der Waals surface area (Å²) in [6.07, 6.45) is 1.25. The number of nitrogens with one attached hydrogen (secondary N) is 1. The summed E-state index contributed by atoms with van der Waals surface area (Å²) < 4.78 is 4.52. The van der Waals surface area contributed by atoms with E-state index in [0.717, 1.165) is 5.69 Å². The molecule has 2 aromatic rings. The number of ether oxygens (including phenoxy) is 1. The Kier molecular flexibility index (Phi) is 6.52. The van der Waals surface area contributed by atoms with Crippen molar-refractivity contribution in [3.05, 3.63) is 71.9 Å². The van der Waals surface area contributed by atoms with Crippen LogP contribution < -0.4 is 10.2 Å². The lowest BCUT2D eigenvalue weighted by Gasteiger charge is -2.21. The number of benzene rings is 2. The van der Waals surface area contributed by atoms with Gasteiger partial charge in [0.1, 0.15) is 6.07 Å². The Hall–Kier alpha value is -3.59. The summed E-state index contributed by atoms with van der Waals surface area (Å²) in [5, 5.41) is 11.8. The number of amides is 1. The van der Waals surface area contributed by atoms with E-state index < -0.39 is 5.97 Å². The molecule has 132 valence electrons. The summed E-state index contributed by atoms with van der Waals surface area (Å²) in [5.41, 5.74) is 1.72. The van der Waals surface area contributed by atoms with Gasteiger partial charge in [0, 0.05) is 29.7 Å². The first-order valence-corrected chi connectivity index (χ1v) is 8.02. The van der Waals surface area contributed by atoms with Crippen LogP contribution in [0.3, 0.4) is 0 Å². The SMILES string of the molecule is CCN(C(=O)c1cccc(N/C=C(/C#N)C(=O)OC)c1)c1ccccc1. The number of carbonyl (C=O) groups excluding carboxylic acids is 2. The molecule has 0 unspecified atom stereocenters. The van der Waals surface area contributed by atoms with Crippen molar-refractivity contribution in [2.24, 2.45) is 0 Å². The van der Waals surface area contributed by atoms with Gasteiger partial charge in [-0.25, -0.2) is 4.79 Å². The highest BCUT2D eigenvalue weighted by molar-refractivity contribution is 6.06. The van der Waals surface area contributed by atoms with Crippen LogP contribution in [0.5, 0.6) is 0 Å². The van der Waals surface area contributed by atoms with Crippen molar-refractivity contribution < 1.29 is 14.3 Å². The highest BCUT2D eigenvalue weighted by Crippen LogP contribution is 2.19. The van der Waals surface area contributed by atoms with Crippen molar-refractivity contribution in [3.8, 4) is 6.07 Å². The highest BCUT2D eigenvalue weighted by atomic mass is 16.5. The van der Waals surface area contributed by atoms with E-state index in [1.165, 1.54) is 13.3 Å². The van der Waals surface area contributed by atoms with E-state index in [4.69, 9.17) is 5.26 Å². The minimum atomic E-state index is -0.728. The summed E-state index contributed by atoms with van der Waals surface area (Å²) >= 11 is 0. The molecule has 0 aliphatic carbocycles. The first kappa shape index (κ1) is 18.7. The van der Waals surface area contributed by atoms with Crippen LogP contribution in [-0.2, 0) is 9.53 Å². The third-order valence-electron chi connectivity index (χ3n) is 3.65. The molecule has 26 heavy (non-hydrogen) atoms. The molecule has 6 heteroatoms. The number of hydrogen-bond donors (Lipinski definition) is 1. The van der Waals surface area contributed by atoms with Gasteiger partial charge in [-0.2, -0.15) is 5.26 Å². The van der Waals surface area contributed by atoms with Crippen molar-refractivity contribution in [1.82, 2.24) is 0 Å². The molecule has 0 saturated carbocycles. The molecule has 0 aliphatic rings. The number of anilines is 2. The first-order valence-electron chi connectivity index (χ1n) is 8.02. The molecule has 0 spiro atoms.